The number of thiazole rings is 1. The van der Waals surface area contributed by atoms with Crippen molar-refractivity contribution in [1.29, 1.82) is 0 Å². The van der Waals surface area contributed by atoms with Crippen LogP contribution in [0.25, 0.3) is 10.8 Å². The third-order valence-corrected chi connectivity index (χ3v) is 6.43. The predicted octanol–water partition coefficient (Wildman–Crippen LogP) is 4.71. The molecular weight excluding hydrogens is 438 g/mol. The number of nitrogens with one attached hydrogen (secondary N) is 2. The number of hydrogen-bond acceptors (Lipinski definition) is 7. The van der Waals surface area contributed by atoms with Gasteiger partial charge in [0.2, 0.25) is 5.91 Å². The zero-order chi connectivity index (χ0) is 22.6. The smallest absolute Gasteiger partial charge is 0.293 e. The lowest BCUT2D eigenvalue weighted by molar-refractivity contribution is -0.115. The van der Waals surface area contributed by atoms with Crippen LogP contribution in [0.15, 0.2) is 58.8 Å². The van der Waals surface area contributed by atoms with Gasteiger partial charge in [-0.15, -0.1) is 11.3 Å². The van der Waals surface area contributed by atoms with Crippen LogP contribution in [-0.2, 0) is 11.2 Å². The molecule has 168 valence electrons. The number of fused-ring (bicyclic) bond motifs is 1. The van der Waals surface area contributed by atoms with Gasteiger partial charge in [0.1, 0.15) is 0 Å². The maximum absolute atomic E-state index is 12.8. The van der Waals surface area contributed by atoms with Crippen LogP contribution in [0, 0.1) is 0 Å². The number of aromatic nitrogens is 2. The second kappa shape index (κ2) is 9.41. The number of amides is 2. The fraction of sp³-hybridized carbons (Fsp3) is 0.250. The van der Waals surface area contributed by atoms with E-state index in [1.807, 2.05) is 12.1 Å². The number of furan rings is 1. The molecule has 0 saturated carbocycles. The van der Waals surface area contributed by atoms with Gasteiger partial charge in [-0.1, -0.05) is 0 Å². The molecule has 8 nitrogen and oxygen atoms in total. The third-order valence-electron chi connectivity index (χ3n) is 5.62. The van der Waals surface area contributed by atoms with Gasteiger partial charge in [0, 0.05) is 47.3 Å². The fourth-order valence-electron chi connectivity index (χ4n) is 4.06. The third kappa shape index (κ3) is 4.73. The lowest BCUT2D eigenvalue weighted by Gasteiger charge is -2.30. The summed E-state index contributed by atoms with van der Waals surface area (Å²) < 4.78 is 5.08. The van der Waals surface area contributed by atoms with Crippen LogP contribution >= 0.6 is 11.3 Å². The Bertz CT molecular complexity index is 1280. The molecule has 1 saturated heterocycles. The number of hydrogen-bond donors (Lipinski definition) is 2. The molecule has 0 aliphatic carbocycles. The number of anilines is 3. The van der Waals surface area contributed by atoms with Crippen molar-refractivity contribution in [2.45, 2.75) is 25.7 Å². The highest BCUT2D eigenvalue weighted by atomic mass is 32.1. The van der Waals surface area contributed by atoms with Crippen LogP contribution in [0.4, 0.5) is 16.5 Å². The van der Waals surface area contributed by atoms with Crippen LogP contribution in [0.5, 0.6) is 0 Å². The average molecular weight is 462 g/mol. The van der Waals surface area contributed by atoms with Gasteiger partial charge in [0.15, 0.2) is 10.9 Å². The summed E-state index contributed by atoms with van der Waals surface area (Å²) in [7, 11) is 0. The number of piperidine rings is 1. The molecule has 0 atom stereocenters. The molecule has 5 rings (SSSR count). The van der Waals surface area contributed by atoms with E-state index in [0.717, 1.165) is 29.5 Å². The number of nitrogens with zero attached hydrogens (tertiary/aromatic N) is 3. The quantitative estimate of drug-likeness (QED) is 0.431. The first-order valence-corrected chi connectivity index (χ1v) is 11.8. The number of carbonyl (C=O) groups is 2. The second-order valence-corrected chi connectivity index (χ2v) is 8.76. The van der Waals surface area contributed by atoms with Gasteiger partial charge in [-0.2, -0.15) is 0 Å². The Labute approximate surface area is 194 Å². The molecule has 1 aliphatic heterocycles. The molecule has 1 aromatic carbocycles. The zero-order valence-corrected chi connectivity index (χ0v) is 18.7. The Morgan fingerprint density at radius 3 is 2.76 bits per heavy atom. The minimum absolute atomic E-state index is 0.1000. The van der Waals surface area contributed by atoms with E-state index in [2.05, 4.69) is 31.6 Å². The Kier molecular flexibility index (Phi) is 6.03. The largest absolute Gasteiger partial charge is 0.459 e. The maximum atomic E-state index is 12.8. The Hall–Kier alpha value is -3.72. The molecule has 4 aromatic rings. The van der Waals surface area contributed by atoms with Crippen LogP contribution in [0.1, 0.15) is 35.5 Å². The van der Waals surface area contributed by atoms with Crippen LogP contribution in [0.3, 0.4) is 0 Å². The summed E-state index contributed by atoms with van der Waals surface area (Å²) in [5.41, 5.74) is 2.49. The highest BCUT2D eigenvalue weighted by Gasteiger charge is 2.17. The van der Waals surface area contributed by atoms with Gasteiger partial charge in [0.25, 0.3) is 5.91 Å². The van der Waals surface area contributed by atoms with Gasteiger partial charge < -0.3 is 14.6 Å². The van der Waals surface area contributed by atoms with E-state index in [1.165, 1.54) is 42.5 Å². The second-order valence-electron chi connectivity index (χ2n) is 7.90. The lowest BCUT2D eigenvalue weighted by atomic mass is 10.0. The molecule has 0 spiro atoms. The first kappa shape index (κ1) is 21.1. The number of pyridine rings is 1. The molecule has 9 heteroatoms. The fourth-order valence-corrected chi connectivity index (χ4v) is 4.77. The van der Waals surface area contributed by atoms with Gasteiger partial charge in [-0.05, 0) is 49.6 Å². The summed E-state index contributed by atoms with van der Waals surface area (Å²) in [6.07, 6.45) is 8.78. The lowest BCUT2D eigenvalue weighted by Crippen LogP contribution is -2.29. The maximum Gasteiger partial charge on any atom is 0.293 e. The SMILES string of the molecule is O=C(Cc1csc(NC(=O)c2ccco2)n1)Nc1ccc(N2CCCCC2)c2ccncc12. The molecule has 33 heavy (non-hydrogen) atoms. The van der Waals surface area contributed by atoms with E-state index in [1.54, 1.807) is 29.9 Å². The monoisotopic (exact) mass is 461 g/mol. The van der Waals surface area contributed by atoms with Crippen LogP contribution < -0.4 is 15.5 Å². The summed E-state index contributed by atoms with van der Waals surface area (Å²) in [6.45, 7) is 2.09. The van der Waals surface area contributed by atoms with E-state index in [9.17, 15) is 9.59 Å². The molecule has 0 unspecified atom stereocenters. The topological polar surface area (TPSA) is 100 Å². The van der Waals surface area contributed by atoms with Crippen molar-refractivity contribution in [2.75, 3.05) is 28.6 Å². The minimum Gasteiger partial charge on any atom is -0.459 e. The number of benzene rings is 1. The van der Waals surface area contributed by atoms with Crippen molar-refractivity contribution in [1.82, 2.24) is 9.97 Å². The van der Waals surface area contributed by atoms with E-state index >= 15 is 0 Å². The zero-order valence-electron chi connectivity index (χ0n) is 17.9. The molecule has 1 fully saturated rings. The molecule has 3 aromatic heterocycles. The summed E-state index contributed by atoms with van der Waals surface area (Å²) in [6, 6.07) is 9.25. The highest BCUT2D eigenvalue weighted by molar-refractivity contribution is 7.14. The molecule has 0 bridgehead atoms. The summed E-state index contributed by atoms with van der Waals surface area (Å²) in [5.74, 6) is -0.351. The number of rotatable bonds is 6. The van der Waals surface area contributed by atoms with Crippen molar-refractivity contribution in [2.24, 2.45) is 0 Å². The van der Waals surface area contributed by atoms with E-state index in [0.29, 0.717) is 10.8 Å². The number of carbonyl (C=O) groups excluding carboxylic acids is 2. The Balaban J connectivity index is 1.28. The van der Waals surface area contributed by atoms with Gasteiger partial charge in [-0.3, -0.25) is 19.9 Å². The van der Waals surface area contributed by atoms with Gasteiger partial charge in [0.05, 0.1) is 24.1 Å². The molecule has 1 aliphatic rings. The van der Waals surface area contributed by atoms with Crippen molar-refractivity contribution < 1.29 is 14.0 Å². The van der Waals surface area contributed by atoms with E-state index in [-0.39, 0.29) is 24.0 Å². The Morgan fingerprint density at radius 1 is 1.06 bits per heavy atom. The molecule has 2 amide bonds. The average Bonchev–Trinajstić information content (AvgIpc) is 3.52. The summed E-state index contributed by atoms with van der Waals surface area (Å²) in [4.78, 5) is 35.9. The van der Waals surface area contributed by atoms with Gasteiger partial charge >= 0.3 is 0 Å². The van der Waals surface area contributed by atoms with Crippen molar-refractivity contribution in [3.8, 4) is 0 Å². The van der Waals surface area contributed by atoms with E-state index < -0.39 is 0 Å². The predicted molar refractivity (Wildman–Crippen MR) is 129 cm³/mol. The molecular formula is C24H23N5O3S. The Morgan fingerprint density at radius 2 is 1.94 bits per heavy atom. The van der Waals surface area contributed by atoms with E-state index in [4.69, 9.17) is 4.42 Å². The van der Waals surface area contributed by atoms with Crippen LogP contribution in [-0.4, -0.2) is 34.9 Å². The van der Waals surface area contributed by atoms with Crippen LogP contribution in [0.2, 0.25) is 0 Å². The van der Waals surface area contributed by atoms with Crippen molar-refractivity contribution in [3.05, 3.63) is 65.8 Å². The van der Waals surface area contributed by atoms with Crippen molar-refractivity contribution >= 4 is 50.4 Å². The normalized spacial score (nSPS) is 13.8. The summed E-state index contributed by atoms with van der Waals surface area (Å²) >= 11 is 1.26. The molecule has 4 heterocycles. The van der Waals surface area contributed by atoms with Crippen molar-refractivity contribution in [3.63, 3.8) is 0 Å². The first-order chi connectivity index (χ1) is 16.2. The standard InChI is InChI=1S/C24H23N5O3S/c30-22(13-16-15-33-24(26-16)28-23(31)21-5-4-12-32-21)27-19-6-7-20(29-10-2-1-3-11-29)17-8-9-25-14-18(17)19/h4-9,12,14-15H,1-3,10-11,13H2,(H,27,30)(H,26,28,31). The van der Waals surface area contributed by atoms with Gasteiger partial charge in [-0.25, -0.2) is 4.98 Å². The summed E-state index contributed by atoms with van der Waals surface area (Å²) in [5, 5.41) is 9.86. The minimum atomic E-state index is -0.377. The highest BCUT2D eigenvalue weighted by Crippen LogP contribution is 2.33. The first-order valence-electron chi connectivity index (χ1n) is 10.9. The molecule has 2 N–H and O–H groups in total. The molecule has 0 radical (unpaired) electrons.